The van der Waals surface area contributed by atoms with Gasteiger partial charge in [-0.05, 0) is 13.8 Å². The maximum Gasteiger partial charge on any atom is 0.290 e. The van der Waals surface area contributed by atoms with Crippen molar-refractivity contribution >= 4 is 5.91 Å². The van der Waals surface area contributed by atoms with E-state index in [9.17, 15) is 4.79 Å². The summed E-state index contributed by atoms with van der Waals surface area (Å²) in [5.74, 6) is -0.156. The van der Waals surface area contributed by atoms with Crippen LogP contribution in [0.5, 0.6) is 0 Å². The lowest BCUT2D eigenvalue weighted by molar-refractivity contribution is 0.0884. The van der Waals surface area contributed by atoms with E-state index in [1.54, 1.807) is 13.8 Å². The molecule has 1 aromatic rings. The SMILES string of the molecule is Cc1cnoc1C(=O)N[C@H](C)CO. The maximum absolute atomic E-state index is 11.3. The van der Waals surface area contributed by atoms with Crippen LogP contribution in [0.15, 0.2) is 10.7 Å². The van der Waals surface area contributed by atoms with Crippen LogP contribution >= 0.6 is 0 Å². The van der Waals surface area contributed by atoms with Crippen molar-refractivity contribution in [2.75, 3.05) is 6.61 Å². The molecule has 0 aliphatic heterocycles. The number of amides is 1. The predicted octanol–water partition coefficient (Wildman–Crippen LogP) is 0.0936. The molecule has 5 heteroatoms. The normalized spacial score (nSPS) is 12.5. The summed E-state index contributed by atoms with van der Waals surface area (Å²) in [6.45, 7) is 3.33. The Morgan fingerprint density at radius 2 is 2.54 bits per heavy atom. The predicted molar refractivity (Wildman–Crippen MR) is 45.3 cm³/mol. The maximum atomic E-state index is 11.3. The molecule has 0 unspecified atom stereocenters. The van der Waals surface area contributed by atoms with Gasteiger partial charge in [0.05, 0.1) is 12.8 Å². The van der Waals surface area contributed by atoms with Gasteiger partial charge in [0.1, 0.15) is 0 Å². The van der Waals surface area contributed by atoms with Crippen LogP contribution < -0.4 is 5.32 Å². The molecule has 0 saturated carbocycles. The Balaban J connectivity index is 2.64. The van der Waals surface area contributed by atoms with Crippen LogP contribution in [-0.4, -0.2) is 28.8 Å². The lowest BCUT2D eigenvalue weighted by atomic mass is 10.2. The first-order chi connectivity index (χ1) is 6.15. The molecule has 0 aliphatic carbocycles. The minimum Gasteiger partial charge on any atom is -0.394 e. The van der Waals surface area contributed by atoms with Crippen LogP contribution in [0.25, 0.3) is 0 Å². The van der Waals surface area contributed by atoms with Gasteiger partial charge in [-0.3, -0.25) is 4.79 Å². The molecule has 2 N–H and O–H groups in total. The van der Waals surface area contributed by atoms with Gasteiger partial charge in [0.2, 0.25) is 5.76 Å². The number of hydrogen-bond donors (Lipinski definition) is 2. The van der Waals surface area contributed by atoms with E-state index in [1.165, 1.54) is 6.20 Å². The van der Waals surface area contributed by atoms with Crippen molar-refractivity contribution in [1.82, 2.24) is 10.5 Å². The van der Waals surface area contributed by atoms with Crippen molar-refractivity contribution in [3.05, 3.63) is 17.5 Å². The summed E-state index contributed by atoms with van der Waals surface area (Å²) in [7, 11) is 0. The van der Waals surface area contributed by atoms with E-state index in [0.717, 1.165) is 0 Å². The molecule has 0 fully saturated rings. The minimum absolute atomic E-state index is 0.0983. The molecule has 1 atom stereocenters. The molecule has 0 bridgehead atoms. The second-order valence-corrected chi connectivity index (χ2v) is 2.90. The van der Waals surface area contributed by atoms with E-state index in [4.69, 9.17) is 9.63 Å². The van der Waals surface area contributed by atoms with Crippen molar-refractivity contribution in [3.63, 3.8) is 0 Å². The minimum atomic E-state index is -0.350. The van der Waals surface area contributed by atoms with Crippen molar-refractivity contribution in [2.24, 2.45) is 0 Å². The molecule has 1 aromatic heterocycles. The number of aliphatic hydroxyl groups is 1. The molecular weight excluding hydrogens is 172 g/mol. The standard InChI is InChI=1S/C8H12N2O3/c1-5-3-9-13-7(5)8(12)10-6(2)4-11/h3,6,11H,4H2,1-2H3,(H,10,12)/t6-/m1/s1. The first-order valence-corrected chi connectivity index (χ1v) is 3.98. The second-order valence-electron chi connectivity index (χ2n) is 2.90. The fraction of sp³-hybridized carbons (Fsp3) is 0.500. The lowest BCUT2D eigenvalue weighted by Gasteiger charge is -2.08. The van der Waals surface area contributed by atoms with Gasteiger partial charge in [0.25, 0.3) is 5.91 Å². The van der Waals surface area contributed by atoms with Crippen LogP contribution in [0.1, 0.15) is 23.0 Å². The van der Waals surface area contributed by atoms with Gasteiger partial charge < -0.3 is 14.9 Å². The smallest absolute Gasteiger partial charge is 0.290 e. The second kappa shape index (κ2) is 4.04. The van der Waals surface area contributed by atoms with E-state index in [0.29, 0.717) is 5.56 Å². The Morgan fingerprint density at radius 1 is 1.85 bits per heavy atom. The molecule has 72 valence electrons. The van der Waals surface area contributed by atoms with Crippen LogP contribution in [0.4, 0.5) is 0 Å². The van der Waals surface area contributed by atoms with E-state index < -0.39 is 0 Å². The highest BCUT2D eigenvalue weighted by atomic mass is 16.5. The zero-order valence-corrected chi connectivity index (χ0v) is 7.57. The molecule has 1 rings (SSSR count). The lowest BCUT2D eigenvalue weighted by Crippen LogP contribution is -2.35. The molecule has 0 radical (unpaired) electrons. The number of carbonyl (C=O) groups is 1. The fourth-order valence-corrected chi connectivity index (χ4v) is 0.844. The average Bonchev–Trinajstić information content (AvgIpc) is 2.51. The summed E-state index contributed by atoms with van der Waals surface area (Å²) in [6, 6.07) is -0.281. The zero-order chi connectivity index (χ0) is 9.84. The number of aliphatic hydroxyl groups excluding tert-OH is 1. The highest BCUT2D eigenvalue weighted by molar-refractivity contribution is 5.92. The van der Waals surface area contributed by atoms with Crippen molar-refractivity contribution in [3.8, 4) is 0 Å². The summed E-state index contributed by atoms with van der Waals surface area (Å²) in [6.07, 6.45) is 1.47. The monoisotopic (exact) mass is 184 g/mol. The van der Waals surface area contributed by atoms with Gasteiger partial charge >= 0.3 is 0 Å². The van der Waals surface area contributed by atoms with E-state index in [2.05, 4.69) is 10.5 Å². The molecule has 5 nitrogen and oxygen atoms in total. The molecule has 0 aromatic carbocycles. The van der Waals surface area contributed by atoms with Crippen LogP contribution in [0.3, 0.4) is 0 Å². The topological polar surface area (TPSA) is 75.4 Å². The van der Waals surface area contributed by atoms with Gasteiger partial charge in [0.15, 0.2) is 0 Å². The van der Waals surface area contributed by atoms with Crippen molar-refractivity contribution in [2.45, 2.75) is 19.9 Å². The first-order valence-electron chi connectivity index (χ1n) is 3.98. The highest BCUT2D eigenvalue weighted by Crippen LogP contribution is 2.05. The Morgan fingerprint density at radius 3 is 3.00 bits per heavy atom. The quantitative estimate of drug-likeness (QED) is 0.698. The van der Waals surface area contributed by atoms with Crippen LogP contribution in [0, 0.1) is 6.92 Å². The molecule has 1 heterocycles. The van der Waals surface area contributed by atoms with E-state index >= 15 is 0 Å². The number of hydrogen-bond acceptors (Lipinski definition) is 4. The fourth-order valence-electron chi connectivity index (χ4n) is 0.844. The Hall–Kier alpha value is -1.36. The third kappa shape index (κ3) is 2.29. The number of aromatic nitrogens is 1. The number of aryl methyl sites for hydroxylation is 1. The summed E-state index contributed by atoms with van der Waals surface area (Å²) >= 11 is 0. The summed E-state index contributed by atoms with van der Waals surface area (Å²) in [5, 5.41) is 14.7. The largest absolute Gasteiger partial charge is 0.394 e. The molecule has 0 saturated heterocycles. The van der Waals surface area contributed by atoms with Gasteiger partial charge in [-0.1, -0.05) is 5.16 Å². The van der Waals surface area contributed by atoms with Crippen molar-refractivity contribution < 1.29 is 14.4 Å². The molecule has 0 aliphatic rings. The number of nitrogens with zero attached hydrogens (tertiary/aromatic N) is 1. The molecule has 1 amide bonds. The third-order valence-corrected chi connectivity index (χ3v) is 1.61. The molecular formula is C8H12N2O3. The van der Waals surface area contributed by atoms with Crippen LogP contribution in [-0.2, 0) is 0 Å². The molecule has 13 heavy (non-hydrogen) atoms. The van der Waals surface area contributed by atoms with Gasteiger partial charge in [-0.2, -0.15) is 0 Å². The summed E-state index contributed by atoms with van der Waals surface area (Å²) in [4.78, 5) is 11.3. The van der Waals surface area contributed by atoms with E-state index in [-0.39, 0.29) is 24.3 Å². The summed E-state index contributed by atoms with van der Waals surface area (Å²) in [5.41, 5.74) is 0.683. The van der Waals surface area contributed by atoms with Gasteiger partial charge in [0, 0.05) is 11.6 Å². The molecule has 0 spiro atoms. The number of nitrogens with one attached hydrogen (secondary N) is 1. The third-order valence-electron chi connectivity index (χ3n) is 1.61. The van der Waals surface area contributed by atoms with Crippen LogP contribution in [0.2, 0.25) is 0 Å². The highest BCUT2D eigenvalue weighted by Gasteiger charge is 2.15. The van der Waals surface area contributed by atoms with E-state index in [1.807, 2.05) is 0 Å². The van der Waals surface area contributed by atoms with Gasteiger partial charge in [-0.25, -0.2) is 0 Å². The average molecular weight is 184 g/mol. The Bertz CT molecular complexity index is 295. The Kier molecular flexibility index (Phi) is 3.02. The zero-order valence-electron chi connectivity index (χ0n) is 7.57. The summed E-state index contributed by atoms with van der Waals surface area (Å²) < 4.78 is 4.73. The van der Waals surface area contributed by atoms with Crippen molar-refractivity contribution in [1.29, 1.82) is 0 Å². The Labute approximate surface area is 75.7 Å². The number of rotatable bonds is 3. The van der Waals surface area contributed by atoms with Gasteiger partial charge in [-0.15, -0.1) is 0 Å². The first kappa shape index (κ1) is 9.73. The number of carbonyl (C=O) groups excluding carboxylic acids is 1.